The summed E-state index contributed by atoms with van der Waals surface area (Å²) < 4.78 is 5.40. The Morgan fingerprint density at radius 2 is 2.53 bits per heavy atom. The van der Waals surface area contributed by atoms with Crippen molar-refractivity contribution in [1.29, 1.82) is 0 Å². The molecule has 0 aliphatic carbocycles. The first-order valence-corrected chi connectivity index (χ1v) is 7.49. The average molecular weight is 243 g/mol. The molecule has 4 heteroatoms. The van der Waals surface area contributed by atoms with Crippen molar-refractivity contribution in [2.45, 2.75) is 17.7 Å². The fourth-order valence-corrected chi connectivity index (χ4v) is 4.73. The second kappa shape index (κ2) is 5.87. The number of hydrogen-bond acceptors (Lipinski definition) is 4. The quantitative estimate of drug-likeness (QED) is 0.877. The zero-order chi connectivity index (χ0) is 10.5. The maximum atomic E-state index is 5.40. The molecule has 0 radical (unpaired) electrons. The summed E-state index contributed by atoms with van der Waals surface area (Å²) in [5.41, 5.74) is 0. The van der Waals surface area contributed by atoms with Gasteiger partial charge in [0.1, 0.15) is 5.76 Å². The summed E-state index contributed by atoms with van der Waals surface area (Å²) in [6, 6.07) is 4.56. The lowest BCUT2D eigenvalue weighted by Gasteiger charge is -2.28. The minimum absolute atomic E-state index is 0.536. The Morgan fingerprint density at radius 3 is 3.13 bits per heavy atom. The third-order valence-corrected chi connectivity index (χ3v) is 5.58. The minimum atomic E-state index is 0.536. The molecule has 0 amide bonds. The van der Waals surface area contributed by atoms with E-state index in [0.29, 0.717) is 6.04 Å². The molecule has 1 saturated heterocycles. The molecule has 1 aliphatic heterocycles. The predicted octanol–water partition coefficient (Wildman–Crippen LogP) is 2.26. The van der Waals surface area contributed by atoms with E-state index in [1.54, 1.807) is 6.26 Å². The van der Waals surface area contributed by atoms with Crippen molar-refractivity contribution in [2.24, 2.45) is 0 Å². The largest absolute Gasteiger partial charge is 0.469 e. The molecular weight excluding hydrogens is 226 g/mol. The van der Waals surface area contributed by atoms with E-state index in [1.165, 1.54) is 17.3 Å². The Morgan fingerprint density at radius 1 is 1.60 bits per heavy atom. The van der Waals surface area contributed by atoms with Crippen LogP contribution in [0.25, 0.3) is 0 Å². The van der Waals surface area contributed by atoms with E-state index in [9.17, 15) is 0 Å². The number of nitrogens with one attached hydrogen (secondary N) is 1. The van der Waals surface area contributed by atoms with Gasteiger partial charge in [-0.05, 0) is 19.2 Å². The van der Waals surface area contributed by atoms with E-state index in [4.69, 9.17) is 4.42 Å². The van der Waals surface area contributed by atoms with Crippen molar-refractivity contribution < 1.29 is 4.42 Å². The van der Waals surface area contributed by atoms with Gasteiger partial charge < -0.3 is 9.73 Å². The summed E-state index contributed by atoms with van der Waals surface area (Å²) in [7, 11) is 2.05. The number of hydrogen-bond donors (Lipinski definition) is 1. The first-order valence-electron chi connectivity index (χ1n) is 5.29. The first-order chi connectivity index (χ1) is 7.40. The average Bonchev–Trinajstić information content (AvgIpc) is 2.80. The van der Waals surface area contributed by atoms with Gasteiger partial charge in [-0.15, -0.1) is 0 Å². The molecule has 2 unspecified atom stereocenters. The van der Waals surface area contributed by atoms with Gasteiger partial charge in [-0.3, -0.25) is 0 Å². The number of thioether (sulfide) groups is 2. The van der Waals surface area contributed by atoms with E-state index >= 15 is 0 Å². The molecule has 15 heavy (non-hydrogen) atoms. The van der Waals surface area contributed by atoms with E-state index in [1.807, 2.05) is 13.1 Å². The molecule has 0 bridgehead atoms. The molecule has 2 rings (SSSR count). The number of likely N-dealkylation sites (N-methyl/N-ethyl adjacent to an activating group) is 1. The fourth-order valence-electron chi connectivity index (χ4n) is 1.80. The van der Waals surface area contributed by atoms with Crippen LogP contribution < -0.4 is 5.32 Å². The highest BCUT2D eigenvalue weighted by atomic mass is 32.2. The third-order valence-electron chi connectivity index (χ3n) is 2.66. The van der Waals surface area contributed by atoms with Gasteiger partial charge in [0.2, 0.25) is 0 Å². The summed E-state index contributed by atoms with van der Waals surface area (Å²) in [6.45, 7) is 0. The van der Waals surface area contributed by atoms with Gasteiger partial charge in [-0.25, -0.2) is 0 Å². The standard InChI is InChI=1S/C11H17NOS2/c1-12-10(7-9-3-2-4-13-9)11-8-14-5-6-15-11/h2-4,10-12H,5-8H2,1H3. The van der Waals surface area contributed by atoms with E-state index in [-0.39, 0.29) is 0 Å². The molecule has 84 valence electrons. The summed E-state index contributed by atoms with van der Waals surface area (Å²) in [4.78, 5) is 0. The van der Waals surface area contributed by atoms with Gasteiger partial charge in [0.15, 0.2) is 0 Å². The van der Waals surface area contributed by atoms with Gasteiger partial charge in [0, 0.05) is 35.0 Å². The van der Waals surface area contributed by atoms with Crippen LogP contribution in [0.4, 0.5) is 0 Å². The van der Waals surface area contributed by atoms with Gasteiger partial charge in [-0.2, -0.15) is 23.5 Å². The van der Waals surface area contributed by atoms with Crippen LogP contribution in [0.2, 0.25) is 0 Å². The molecule has 0 spiro atoms. The van der Waals surface area contributed by atoms with Crippen LogP contribution in [0.15, 0.2) is 22.8 Å². The second-order valence-electron chi connectivity index (χ2n) is 3.66. The molecule has 1 aromatic heterocycles. The van der Waals surface area contributed by atoms with Crippen LogP contribution in [0.3, 0.4) is 0 Å². The van der Waals surface area contributed by atoms with Crippen LogP contribution >= 0.6 is 23.5 Å². The maximum absolute atomic E-state index is 5.40. The Hall–Kier alpha value is -0.0600. The van der Waals surface area contributed by atoms with Crippen LogP contribution in [0.5, 0.6) is 0 Å². The number of rotatable bonds is 4. The third kappa shape index (κ3) is 3.20. The summed E-state index contributed by atoms with van der Waals surface area (Å²) >= 11 is 4.16. The lowest BCUT2D eigenvalue weighted by molar-refractivity contribution is 0.457. The Labute approximate surface area is 99.6 Å². The van der Waals surface area contributed by atoms with E-state index < -0.39 is 0 Å². The Balaban J connectivity index is 1.91. The second-order valence-corrected chi connectivity index (χ2v) is 6.16. The number of furan rings is 1. The highest BCUT2D eigenvalue weighted by Gasteiger charge is 2.24. The molecule has 1 aromatic rings. The van der Waals surface area contributed by atoms with Crippen LogP contribution in [-0.4, -0.2) is 35.6 Å². The van der Waals surface area contributed by atoms with Gasteiger partial charge in [0.05, 0.1) is 6.26 Å². The van der Waals surface area contributed by atoms with Crippen molar-refractivity contribution in [3.8, 4) is 0 Å². The molecule has 2 nitrogen and oxygen atoms in total. The molecular formula is C11H17NOS2. The smallest absolute Gasteiger partial charge is 0.105 e. The van der Waals surface area contributed by atoms with E-state index in [0.717, 1.165) is 17.4 Å². The zero-order valence-corrected chi connectivity index (χ0v) is 10.6. The monoisotopic (exact) mass is 243 g/mol. The fraction of sp³-hybridized carbons (Fsp3) is 0.636. The summed E-state index contributed by atoms with van der Waals surface area (Å²) in [5.74, 6) is 4.94. The van der Waals surface area contributed by atoms with Crippen LogP contribution in [-0.2, 0) is 6.42 Å². The molecule has 1 N–H and O–H groups in total. The molecule has 2 atom stereocenters. The van der Waals surface area contributed by atoms with Gasteiger partial charge in [0.25, 0.3) is 0 Å². The molecule has 1 aliphatic rings. The summed E-state index contributed by atoms with van der Waals surface area (Å²) in [5, 5.41) is 4.14. The van der Waals surface area contributed by atoms with Crippen molar-refractivity contribution in [2.75, 3.05) is 24.3 Å². The van der Waals surface area contributed by atoms with Crippen molar-refractivity contribution in [1.82, 2.24) is 5.32 Å². The summed E-state index contributed by atoms with van der Waals surface area (Å²) in [6.07, 6.45) is 2.76. The van der Waals surface area contributed by atoms with E-state index in [2.05, 4.69) is 34.9 Å². The lowest BCUT2D eigenvalue weighted by atomic mass is 10.1. The zero-order valence-electron chi connectivity index (χ0n) is 8.94. The molecule has 1 fully saturated rings. The molecule has 2 heterocycles. The van der Waals surface area contributed by atoms with Crippen LogP contribution in [0.1, 0.15) is 5.76 Å². The normalized spacial score (nSPS) is 23.9. The minimum Gasteiger partial charge on any atom is -0.469 e. The first kappa shape index (κ1) is 11.4. The lowest BCUT2D eigenvalue weighted by Crippen LogP contribution is -2.40. The maximum Gasteiger partial charge on any atom is 0.105 e. The Bertz CT molecular complexity index is 270. The highest BCUT2D eigenvalue weighted by Crippen LogP contribution is 2.27. The van der Waals surface area contributed by atoms with Gasteiger partial charge in [-0.1, -0.05) is 0 Å². The van der Waals surface area contributed by atoms with Crippen LogP contribution in [0, 0.1) is 0 Å². The van der Waals surface area contributed by atoms with Crippen molar-refractivity contribution in [3.63, 3.8) is 0 Å². The topological polar surface area (TPSA) is 25.2 Å². The van der Waals surface area contributed by atoms with Gasteiger partial charge >= 0.3 is 0 Å². The predicted molar refractivity (Wildman–Crippen MR) is 68.8 cm³/mol. The Kier molecular flexibility index (Phi) is 4.47. The SMILES string of the molecule is CNC(Cc1ccco1)C1CSCCS1. The van der Waals surface area contributed by atoms with Crippen molar-refractivity contribution >= 4 is 23.5 Å². The molecule has 0 aromatic carbocycles. The van der Waals surface area contributed by atoms with Crippen molar-refractivity contribution in [3.05, 3.63) is 24.2 Å². The highest BCUT2D eigenvalue weighted by molar-refractivity contribution is 8.06. The molecule has 0 saturated carbocycles.